The molecule has 0 fully saturated rings. The van der Waals surface area contributed by atoms with Crippen LogP contribution in [-0.2, 0) is 16.6 Å². The van der Waals surface area contributed by atoms with Gasteiger partial charge in [0.1, 0.15) is 0 Å². The van der Waals surface area contributed by atoms with E-state index >= 15 is 0 Å². The third kappa shape index (κ3) is 6.49. The molecule has 8 nitrogen and oxygen atoms in total. The number of sulfonamides is 1. The standard InChI is InChI=1S/C22H31N3O5S2/c1-29-19-14-17-18(15-20(19)30-2)24-22(31-13-7-11-23-32(3,27)28)25(21(17)26)12-10-16-8-5-4-6-9-16/h8,14-15,23H,4-7,9-13H2,1-3H3. The molecule has 0 amide bonds. The van der Waals surface area contributed by atoms with Crippen LogP contribution in [0.5, 0.6) is 11.5 Å². The molecule has 0 bridgehead atoms. The van der Waals surface area contributed by atoms with Crippen molar-refractivity contribution in [2.24, 2.45) is 0 Å². The lowest BCUT2D eigenvalue weighted by molar-refractivity contribution is 0.355. The minimum absolute atomic E-state index is 0.107. The highest BCUT2D eigenvalue weighted by Crippen LogP contribution is 2.31. The maximum Gasteiger partial charge on any atom is 0.262 e. The van der Waals surface area contributed by atoms with Gasteiger partial charge >= 0.3 is 0 Å². The lowest BCUT2D eigenvalue weighted by atomic mass is 9.97. The summed E-state index contributed by atoms with van der Waals surface area (Å²) in [5.74, 6) is 1.65. The summed E-state index contributed by atoms with van der Waals surface area (Å²) in [7, 11) is -0.120. The van der Waals surface area contributed by atoms with Gasteiger partial charge in [0.25, 0.3) is 5.56 Å². The molecule has 1 aromatic carbocycles. The molecule has 176 valence electrons. The molecule has 1 heterocycles. The molecule has 3 rings (SSSR count). The summed E-state index contributed by atoms with van der Waals surface area (Å²) in [5, 5.41) is 1.12. The third-order valence-electron chi connectivity index (χ3n) is 5.38. The molecule has 0 saturated heterocycles. The third-order valence-corrected chi connectivity index (χ3v) is 7.17. The Hall–Kier alpha value is -2.04. The molecular formula is C22H31N3O5S2. The van der Waals surface area contributed by atoms with Gasteiger partial charge in [0.05, 0.1) is 31.4 Å². The largest absolute Gasteiger partial charge is 0.493 e. The van der Waals surface area contributed by atoms with E-state index in [1.807, 2.05) is 0 Å². The molecule has 0 atom stereocenters. The predicted octanol–water partition coefficient (Wildman–Crippen LogP) is 3.34. The number of aromatic nitrogens is 2. The lowest BCUT2D eigenvalue weighted by Crippen LogP contribution is -2.25. The number of ether oxygens (including phenoxy) is 2. The van der Waals surface area contributed by atoms with Gasteiger partial charge in [-0.1, -0.05) is 23.4 Å². The highest BCUT2D eigenvalue weighted by atomic mass is 32.2. The van der Waals surface area contributed by atoms with Gasteiger partial charge in [-0.3, -0.25) is 9.36 Å². The van der Waals surface area contributed by atoms with Crippen LogP contribution in [0.2, 0.25) is 0 Å². The number of nitrogens with zero attached hydrogens (tertiary/aromatic N) is 2. The molecule has 10 heteroatoms. The average molecular weight is 482 g/mol. The molecule has 0 saturated carbocycles. The number of rotatable bonds is 11. The first-order valence-corrected chi connectivity index (χ1v) is 13.6. The first kappa shape index (κ1) is 24.6. The van der Waals surface area contributed by atoms with Crippen molar-refractivity contribution in [2.45, 2.75) is 50.2 Å². The lowest BCUT2D eigenvalue weighted by Gasteiger charge is -2.17. The molecule has 0 unspecified atom stereocenters. The minimum Gasteiger partial charge on any atom is -0.493 e. The summed E-state index contributed by atoms with van der Waals surface area (Å²) in [5.41, 5.74) is 1.84. The molecule has 0 aliphatic heterocycles. The van der Waals surface area contributed by atoms with E-state index in [4.69, 9.17) is 14.5 Å². The summed E-state index contributed by atoms with van der Waals surface area (Å²) >= 11 is 1.46. The summed E-state index contributed by atoms with van der Waals surface area (Å²) in [6.07, 6.45) is 9.50. The second-order valence-electron chi connectivity index (χ2n) is 7.80. The maximum absolute atomic E-state index is 13.4. The molecule has 1 aromatic heterocycles. The van der Waals surface area contributed by atoms with Gasteiger partial charge in [0.15, 0.2) is 16.7 Å². The van der Waals surface area contributed by atoms with Crippen LogP contribution in [0.15, 0.2) is 33.7 Å². The van der Waals surface area contributed by atoms with Crippen molar-refractivity contribution in [3.05, 3.63) is 34.1 Å². The van der Waals surface area contributed by atoms with E-state index in [-0.39, 0.29) is 5.56 Å². The Kier molecular flexibility index (Phi) is 8.61. The molecule has 0 radical (unpaired) electrons. The van der Waals surface area contributed by atoms with Gasteiger partial charge in [-0.2, -0.15) is 0 Å². The number of nitrogens with one attached hydrogen (secondary N) is 1. The summed E-state index contributed by atoms with van der Waals surface area (Å²) in [4.78, 5) is 18.2. The van der Waals surface area contributed by atoms with Crippen molar-refractivity contribution in [2.75, 3.05) is 32.8 Å². The summed E-state index contributed by atoms with van der Waals surface area (Å²) < 4.78 is 37.5. The van der Waals surface area contributed by atoms with Gasteiger partial charge in [-0.25, -0.2) is 18.1 Å². The van der Waals surface area contributed by atoms with Crippen LogP contribution in [0.25, 0.3) is 10.9 Å². The van der Waals surface area contributed by atoms with Crippen LogP contribution in [0.3, 0.4) is 0 Å². The number of thioether (sulfide) groups is 1. The zero-order chi connectivity index (χ0) is 23.1. The van der Waals surface area contributed by atoms with Gasteiger partial charge in [0.2, 0.25) is 10.0 Å². The van der Waals surface area contributed by atoms with Crippen LogP contribution in [0, 0.1) is 0 Å². The van der Waals surface area contributed by atoms with Crippen molar-refractivity contribution in [3.63, 3.8) is 0 Å². The van der Waals surface area contributed by atoms with Crippen LogP contribution in [0.1, 0.15) is 38.5 Å². The number of methoxy groups -OCH3 is 2. The molecule has 1 aliphatic carbocycles. The second-order valence-corrected chi connectivity index (χ2v) is 10.7. The predicted molar refractivity (Wildman–Crippen MR) is 128 cm³/mol. The van der Waals surface area contributed by atoms with Crippen LogP contribution in [-0.4, -0.2) is 50.7 Å². The molecule has 0 spiro atoms. The number of benzene rings is 1. The van der Waals surface area contributed by atoms with Gasteiger partial charge < -0.3 is 9.47 Å². The fraction of sp³-hybridized carbons (Fsp3) is 0.545. The Morgan fingerprint density at radius 2 is 1.94 bits per heavy atom. The zero-order valence-electron chi connectivity index (χ0n) is 18.8. The molecule has 32 heavy (non-hydrogen) atoms. The summed E-state index contributed by atoms with van der Waals surface area (Å²) in [6.45, 7) is 0.910. The first-order chi connectivity index (χ1) is 15.3. The minimum atomic E-state index is -3.21. The van der Waals surface area contributed by atoms with E-state index in [0.29, 0.717) is 52.8 Å². The molecule has 2 aromatic rings. The van der Waals surface area contributed by atoms with E-state index in [9.17, 15) is 13.2 Å². The van der Waals surface area contributed by atoms with E-state index in [1.54, 1.807) is 30.9 Å². The van der Waals surface area contributed by atoms with Crippen LogP contribution < -0.4 is 19.8 Å². The Morgan fingerprint density at radius 1 is 1.19 bits per heavy atom. The van der Waals surface area contributed by atoms with Crippen molar-refractivity contribution in [1.29, 1.82) is 0 Å². The zero-order valence-corrected chi connectivity index (χ0v) is 20.5. The van der Waals surface area contributed by atoms with Crippen LogP contribution in [0.4, 0.5) is 0 Å². The van der Waals surface area contributed by atoms with Gasteiger partial charge in [-0.05, 0) is 44.6 Å². The second kappa shape index (κ2) is 11.2. The molecule has 1 aliphatic rings. The fourth-order valence-electron chi connectivity index (χ4n) is 3.72. The Balaban J connectivity index is 1.89. The van der Waals surface area contributed by atoms with Gasteiger partial charge in [-0.15, -0.1) is 0 Å². The van der Waals surface area contributed by atoms with E-state index in [0.717, 1.165) is 25.5 Å². The van der Waals surface area contributed by atoms with Crippen molar-refractivity contribution < 1.29 is 17.9 Å². The fourth-order valence-corrected chi connectivity index (χ4v) is 5.19. The van der Waals surface area contributed by atoms with E-state index in [2.05, 4.69) is 10.8 Å². The highest BCUT2D eigenvalue weighted by molar-refractivity contribution is 7.99. The van der Waals surface area contributed by atoms with E-state index < -0.39 is 10.0 Å². The Bertz CT molecular complexity index is 1140. The van der Waals surface area contributed by atoms with Gasteiger partial charge in [0, 0.05) is 24.9 Å². The molecule has 1 N–H and O–H groups in total. The SMILES string of the molecule is COc1cc2nc(SCCCNS(C)(=O)=O)n(CCC3=CCCCC3)c(=O)c2cc1OC. The van der Waals surface area contributed by atoms with Crippen LogP contribution >= 0.6 is 11.8 Å². The van der Waals surface area contributed by atoms with Crippen molar-refractivity contribution >= 4 is 32.7 Å². The smallest absolute Gasteiger partial charge is 0.262 e. The van der Waals surface area contributed by atoms with Crippen molar-refractivity contribution in [1.82, 2.24) is 14.3 Å². The quantitative estimate of drug-likeness (QED) is 0.227. The number of allylic oxidation sites excluding steroid dienone is 2. The normalized spacial score (nSPS) is 14.4. The first-order valence-electron chi connectivity index (χ1n) is 10.7. The van der Waals surface area contributed by atoms with E-state index in [1.165, 1.54) is 30.2 Å². The summed E-state index contributed by atoms with van der Waals surface area (Å²) in [6, 6.07) is 3.41. The number of fused-ring (bicyclic) bond motifs is 1. The van der Waals surface area contributed by atoms with Crippen molar-refractivity contribution in [3.8, 4) is 11.5 Å². The Labute approximate surface area is 193 Å². The molecular weight excluding hydrogens is 450 g/mol. The Morgan fingerprint density at radius 3 is 2.59 bits per heavy atom. The highest BCUT2D eigenvalue weighted by Gasteiger charge is 2.16. The number of hydrogen-bond acceptors (Lipinski definition) is 7. The topological polar surface area (TPSA) is 99.5 Å². The maximum atomic E-state index is 13.4. The average Bonchev–Trinajstić information content (AvgIpc) is 2.77. The monoisotopic (exact) mass is 481 g/mol. The number of hydrogen-bond donors (Lipinski definition) is 1.